The van der Waals surface area contributed by atoms with E-state index in [9.17, 15) is 10.1 Å². The van der Waals surface area contributed by atoms with Gasteiger partial charge in [-0.3, -0.25) is 10.1 Å². The highest BCUT2D eigenvalue weighted by atomic mass is 32.2. The fraction of sp³-hybridized carbons (Fsp3) is 0.0256. The molecule has 0 aliphatic heterocycles. The van der Waals surface area contributed by atoms with Crippen LogP contribution in [0.4, 0.5) is 5.69 Å². The number of non-ortho nitro benzene ring substituents is 1. The first kappa shape index (κ1) is 31.1. The van der Waals surface area contributed by atoms with Crippen molar-refractivity contribution in [2.24, 2.45) is 0 Å². The highest BCUT2D eigenvalue weighted by molar-refractivity contribution is 7.90. The van der Waals surface area contributed by atoms with Crippen molar-refractivity contribution >= 4 is 44.4 Å². The molecule has 7 aromatic rings. The molecule has 6 aromatic carbocycles. The number of hydrogen-bond donors (Lipinski definition) is 0. The molecule has 7 rings (SSSR count). The normalized spacial score (nSPS) is 12.5. The Kier molecular flexibility index (Phi) is 8.13. The fourth-order valence-corrected chi connectivity index (χ4v) is 11.4. The number of aromatic nitrogens is 1. The van der Waals surface area contributed by atoms with Gasteiger partial charge in [0, 0.05) is 33.7 Å². The molecule has 1 unspecified atom stereocenters. The summed E-state index contributed by atoms with van der Waals surface area (Å²) in [7, 11) is -8.19. The average Bonchev–Trinajstić information content (AvgIpc) is 3.48. The Morgan fingerprint density at radius 3 is 1.62 bits per heavy atom. The number of rotatable bonds is 9. The molecule has 0 radical (unpaired) electrons. The lowest BCUT2D eigenvalue weighted by Gasteiger charge is -2.31. The number of benzene rings is 6. The molecule has 0 spiro atoms. The van der Waals surface area contributed by atoms with Crippen LogP contribution in [0.2, 0.25) is 0 Å². The van der Waals surface area contributed by atoms with Gasteiger partial charge < -0.3 is 4.57 Å². The maximum Gasteiger partial charge on any atom is 0.269 e. The van der Waals surface area contributed by atoms with Crippen LogP contribution in [-0.4, -0.2) is 17.3 Å². The summed E-state index contributed by atoms with van der Waals surface area (Å²) in [6.45, 7) is 0. The summed E-state index contributed by atoms with van der Waals surface area (Å²) in [6, 6.07) is 49.4. The quantitative estimate of drug-likeness (QED) is 0.0872. The van der Waals surface area contributed by atoms with Crippen molar-refractivity contribution in [3.05, 3.63) is 191 Å². The maximum absolute atomic E-state index is 16.4. The van der Waals surface area contributed by atoms with Gasteiger partial charge in [-0.25, -0.2) is 12.4 Å². The smallest absolute Gasteiger partial charge is 0.269 e. The van der Waals surface area contributed by atoms with E-state index in [-0.39, 0.29) is 10.6 Å². The van der Waals surface area contributed by atoms with Crippen molar-refractivity contribution in [2.75, 3.05) is 0 Å². The molecule has 0 amide bonds. The van der Waals surface area contributed by atoms with Gasteiger partial charge in [-0.05, 0) is 29.3 Å². The molecule has 0 fully saturated rings. The van der Waals surface area contributed by atoms with Crippen molar-refractivity contribution < 1.29 is 17.9 Å². The van der Waals surface area contributed by atoms with Gasteiger partial charge in [0.15, 0.2) is 7.14 Å². The monoisotopic (exact) mass is 668 g/mol. The Balaban J connectivity index is 1.68. The predicted octanol–water partition coefficient (Wildman–Crippen LogP) is 8.56. The molecule has 236 valence electrons. The van der Waals surface area contributed by atoms with Crippen LogP contribution < -0.4 is 10.6 Å². The molecule has 0 bridgehead atoms. The second-order valence-corrected chi connectivity index (χ2v) is 16.0. The van der Waals surface area contributed by atoms with Gasteiger partial charge in [0.2, 0.25) is 0 Å². The van der Waals surface area contributed by atoms with Gasteiger partial charge in [-0.15, -0.1) is 0 Å². The van der Waals surface area contributed by atoms with E-state index < -0.39 is 27.7 Å². The Hall–Kier alpha value is -5.56. The number of hydrogen-bond acceptors (Lipinski definition) is 5. The minimum atomic E-state index is -4.43. The zero-order valence-corrected chi connectivity index (χ0v) is 27.2. The highest BCUT2D eigenvalue weighted by Gasteiger charge is 2.44. The van der Waals surface area contributed by atoms with Crippen LogP contribution in [0, 0.1) is 10.1 Å². The first-order valence-electron chi connectivity index (χ1n) is 15.3. The minimum Gasteiger partial charge on any atom is -0.313 e. The summed E-state index contributed by atoms with van der Waals surface area (Å²) in [4.78, 5) is 10.8. The van der Waals surface area contributed by atoms with Gasteiger partial charge in [0.05, 0.1) is 26.7 Å². The molecule has 0 N–H and O–H groups in total. The third-order valence-electron chi connectivity index (χ3n) is 8.53. The SMILES string of the molecule is O=[N+]([O-])c1ccc(S(=O)(=O)n2c(C(c3ccccc3)P(=O)(c3ccccc3)c3ccccc3)c(-c3ccccc3)c3ccccc32)cc1. The lowest BCUT2D eigenvalue weighted by molar-refractivity contribution is -0.384. The largest absolute Gasteiger partial charge is 0.313 e. The van der Waals surface area contributed by atoms with E-state index in [0.717, 1.165) is 5.56 Å². The zero-order chi connectivity index (χ0) is 33.3. The Morgan fingerprint density at radius 2 is 1.08 bits per heavy atom. The van der Waals surface area contributed by atoms with Gasteiger partial charge in [0.1, 0.15) is 0 Å². The van der Waals surface area contributed by atoms with E-state index in [2.05, 4.69) is 0 Å². The molecule has 1 heterocycles. The number of nitro benzene ring substituents is 1. The zero-order valence-electron chi connectivity index (χ0n) is 25.5. The van der Waals surface area contributed by atoms with Crippen molar-refractivity contribution in [3.63, 3.8) is 0 Å². The van der Waals surface area contributed by atoms with Crippen LogP contribution in [0.25, 0.3) is 22.0 Å². The average molecular weight is 669 g/mol. The van der Waals surface area contributed by atoms with Crippen molar-refractivity contribution in [3.8, 4) is 11.1 Å². The molecular weight excluding hydrogens is 639 g/mol. The van der Waals surface area contributed by atoms with Crippen LogP contribution in [0.15, 0.2) is 175 Å². The number of nitro groups is 1. The fourth-order valence-electron chi connectivity index (χ4n) is 6.41. The molecule has 48 heavy (non-hydrogen) atoms. The second-order valence-electron chi connectivity index (χ2n) is 11.3. The summed E-state index contributed by atoms with van der Waals surface area (Å²) in [6.07, 6.45) is 0. The van der Waals surface area contributed by atoms with E-state index >= 15 is 13.0 Å². The lowest BCUT2D eigenvalue weighted by Crippen LogP contribution is -2.26. The Bertz CT molecular complexity index is 2350. The molecule has 0 aliphatic carbocycles. The predicted molar refractivity (Wildman–Crippen MR) is 191 cm³/mol. The molecular formula is C39H29N2O5PS. The lowest BCUT2D eigenvalue weighted by atomic mass is 9.98. The number of nitrogens with zero attached hydrogens (tertiary/aromatic N) is 2. The molecule has 1 aromatic heterocycles. The summed E-state index contributed by atoms with van der Waals surface area (Å²) >= 11 is 0. The summed E-state index contributed by atoms with van der Waals surface area (Å²) in [5.74, 6) is 0. The van der Waals surface area contributed by atoms with Crippen molar-refractivity contribution in [1.82, 2.24) is 3.97 Å². The third kappa shape index (κ3) is 5.25. The molecule has 0 saturated carbocycles. The maximum atomic E-state index is 16.4. The van der Waals surface area contributed by atoms with E-state index in [4.69, 9.17) is 0 Å². The molecule has 0 saturated heterocycles. The van der Waals surface area contributed by atoms with Crippen LogP contribution in [-0.2, 0) is 14.6 Å². The molecule has 7 nitrogen and oxygen atoms in total. The second kappa shape index (κ2) is 12.6. The van der Waals surface area contributed by atoms with Crippen molar-refractivity contribution in [1.29, 1.82) is 0 Å². The van der Waals surface area contributed by atoms with Crippen LogP contribution in [0.3, 0.4) is 0 Å². The standard InChI is InChI=1S/C39H29N2O5PS/c42-41(43)31-25-27-34(28-26-31)48(45,46)40-36-24-14-13-23-35(36)37(29-15-5-1-6-16-29)38(40)39(30-17-7-2-8-18-30)47(44,32-19-9-3-10-20-32)33-21-11-4-12-22-33/h1-28,39H. The first-order chi connectivity index (χ1) is 23.3. The van der Waals surface area contributed by atoms with E-state index in [1.807, 2.05) is 133 Å². The summed E-state index contributed by atoms with van der Waals surface area (Å²) in [5.41, 5.74) is 1.61. The van der Waals surface area contributed by atoms with Gasteiger partial charge in [-0.2, -0.15) is 0 Å². The van der Waals surface area contributed by atoms with Gasteiger partial charge in [-0.1, -0.05) is 140 Å². The van der Waals surface area contributed by atoms with Crippen LogP contribution in [0.5, 0.6) is 0 Å². The van der Waals surface area contributed by atoms with Gasteiger partial charge in [0.25, 0.3) is 15.7 Å². The van der Waals surface area contributed by atoms with E-state index in [0.29, 0.717) is 38.3 Å². The Morgan fingerprint density at radius 1 is 0.604 bits per heavy atom. The number of fused-ring (bicyclic) bond motifs is 1. The summed E-state index contributed by atoms with van der Waals surface area (Å²) < 4.78 is 47.8. The number of para-hydroxylation sites is 1. The van der Waals surface area contributed by atoms with Crippen LogP contribution >= 0.6 is 7.14 Å². The molecule has 1 atom stereocenters. The highest BCUT2D eigenvalue weighted by Crippen LogP contribution is 2.62. The Labute approximate surface area is 278 Å². The van der Waals surface area contributed by atoms with E-state index in [1.165, 1.54) is 28.2 Å². The van der Waals surface area contributed by atoms with Gasteiger partial charge >= 0.3 is 0 Å². The van der Waals surface area contributed by atoms with Crippen molar-refractivity contribution in [2.45, 2.75) is 10.6 Å². The topological polar surface area (TPSA) is 99.3 Å². The minimum absolute atomic E-state index is 0.129. The van der Waals surface area contributed by atoms with Crippen LogP contribution in [0.1, 0.15) is 16.9 Å². The third-order valence-corrected chi connectivity index (χ3v) is 13.7. The molecule has 9 heteroatoms. The van der Waals surface area contributed by atoms with E-state index in [1.54, 1.807) is 12.1 Å². The molecule has 0 aliphatic rings. The first-order valence-corrected chi connectivity index (χ1v) is 18.5. The summed E-state index contributed by atoms with van der Waals surface area (Å²) in [5, 5.41) is 13.3.